The van der Waals surface area contributed by atoms with E-state index in [0.29, 0.717) is 0 Å². The molecule has 0 spiro atoms. The first-order chi connectivity index (χ1) is 4.79. The third-order valence-corrected chi connectivity index (χ3v) is 1.36. The summed E-state index contributed by atoms with van der Waals surface area (Å²) in [5, 5.41) is 11.9. The number of rotatable bonds is 0. The summed E-state index contributed by atoms with van der Waals surface area (Å²) in [5.41, 5.74) is 0. The molecule has 10 heavy (non-hydrogen) atoms. The third-order valence-electron chi connectivity index (χ3n) is 1.36. The second-order valence-electron chi connectivity index (χ2n) is 2.23. The zero-order valence-electron chi connectivity index (χ0n) is 6.21. The van der Waals surface area contributed by atoms with Crippen molar-refractivity contribution >= 4 is 6.79 Å². The van der Waals surface area contributed by atoms with E-state index in [4.69, 9.17) is 9.90 Å². The lowest BCUT2D eigenvalue weighted by Gasteiger charge is -2.26. The smallest absolute Gasteiger partial charge is 0.117 e. The maximum absolute atomic E-state index is 8.93. The third kappa shape index (κ3) is 3.55. The van der Waals surface area contributed by atoms with Gasteiger partial charge in [0.25, 0.3) is 0 Å². The first-order valence-corrected chi connectivity index (χ1v) is 3.18. The molecule has 1 rings (SSSR count). The highest BCUT2D eigenvalue weighted by Gasteiger charge is 2.11. The van der Waals surface area contributed by atoms with Crippen molar-refractivity contribution in [1.82, 2.24) is 10.2 Å². The maximum Gasteiger partial charge on any atom is 0.117 e. The molecule has 0 aliphatic carbocycles. The Labute approximate surface area is 60.8 Å². The molecular formula is C6H14N2O2. The molecule has 0 aromatic rings. The molecule has 60 valence electrons. The van der Waals surface area contributed by atoms with E-state index in [1.807, 2.05) is 13.8 Å². The molecule has 2 N–H and O–H groups in total. The number of aliphatic hydroxyl groups is 1. The van der Waals surface area contributed by atoms with E-state index in [9.17, 15) is 0 Å². The zero-order valence-corrected chi connectivity index (χ0v) is 6.21. The van der Waals surface area contributed by atoms with E-state index in [2.05, 4.69) is 10.2 Å². The Morgan fingerprint density at radius 2 is 2.30 bits per heavy atom. The molecule has 1 unspecified atom stereocenters. The van der Waals surface area contributed by atoms with Crippen LogP contribution < -0.4 is 5.32 Å². The van der Waals surface area contributed by atoms with E-state index in [1.165, 1.54) is 0 Å². The topological polar surface area (TPSA) is 52.6 Å². The van der Waals surface area contributed by atoms with Crippen molar-refractivity contribution in [3.05, 3.63) is 0 Å². The minimum atomic E-state index is -0.311. The van der Waals surface area contributed by atoms with E-state index in [1.54, 1.807) is 0 Å². The number of likely N-dealkylation sites (N-methyl/N-ethyl adjacent to an activating group) is 1. The van der Waals surface area contributed by atoms with Gasteiger partial charge in [-0.1, -0.05) is 0 Å². The summed E-state index contributed by atoms with van der Waals surface area (Å²) in [6, 6.07) is 0. The summed E-state index contributed by atoms with van der Waals surface area (Å²) in [5.74, 6) is 0. The molecule has 0 saturated carbocycles. The van der Waals surface area contributed by atoms with Crippen molar-refractivity contribution in [1.29, 1.82) is 0 Å². The van der Waals surface area contributed by atoms with Crippen LogP contribution in [0.2, 0.25) is 0 Å². The number of aliphatic hydroxyl groups excluding tert-OH is 1. The van der Waals surface area contributed by atoms with Gasteiger partial charge >= 0.3 is 0 Å². The van der Waals surface area contributed by atoms with Crippen molar-refractivity contribution < 1.29 is 9.90 Å². The lowest BCUT2D eigenvalue weighted by atomic mass is 10.4. The van der Waals surface area contributed by atoms with Crippen LogP contribution in [0.15, 0.2) is 0 Å². The Morgan fingerprint density at radius 3 is 2.60 bits per heavy atom. The summed E-state index contributed by atoms with van der Waals surface area (Å²) in [4.78, 5) is 10.1. The van der Waals surface area contributed by atoms with Crippen LogP contribution in [0.4, 0.5) is 0 Å². The predicted octanol–water partition coefficient (Wildman–Crippen LogP) is -1.35. The summed E-state index contributed by atoms with van der Waals surface area (Å²) in [7, 11) is 2.00. The van der Waals surface area contributed by atoms with Crippen molar-refractivity contribution in [2.75, 3.05) is 26.7 Å². The number of hydrogen-bond donors (Lipinski definition) is 2. The van der Waals surface area contributed by atoms with Gasteiger partial charge in [-0.15, -0.1) is 0 Å². The van der Waals surface area contributed by atoms with Crippen molar-refractivity contribution in [3.63, 3.8) is 0 Å². The van der Waals surface area contributed by atoms with Gasteiger partial charge in [-0.2, -0.15) is 0 Å². The molecule has 0 aromatic heterocycles. The fourth-order valence-electron chi connectivity index (χ4n) is 0.873. The summed E-state index contributed by atoms with van der Waals surface area (Å²) in [6.45, 7) is 4.69. The average Bonchev–Trinajstić information content (AvgIpc) is 1.91. The molecule has 1 fully saturated rings. The number of carbonyl (C=O) groups excluding carboxylic acids is 1. The van der Waals surface area contributed by atoms with Gasteiger partial charge in [0, 0.05) is 19.6 Å². The lowest BCUT2D eigenvalue weighted by Crippen LogP contribution is -2.48. The summed E-state index contributed by atoms with van der Waals surface area (Å²) >= 11 is 0. The zero-order chi connectivity index (χ0) is 7.98. The van der Waals surface area contributed by atoms with Crippen LogP contribution in [0.3, 0.4) is 0 Å². The van der Waals surface area contributed by atoms with Gasteiger partial charge < -0.3 is 14.8 Å². The number of piperazine rings is 1. The van der Waals surface area contributed by atoms with Crippen molar-refractivity contribution in [2.24, 2.45) is 0 Å². The molecule has 0 aromatic carbocycles. The minimum absolute atomic E-state index is 0.311. The first kappa shape index (κ1) is 9.55. The highest BCUT2D eigenvalue weighted by atomic mass is 16.3. The number of carbonyl (C=O) groups is 1. The molecule has 1 atom stereocenters. The van der Waals surface area contributed by atoms with E-state index >= 15 is 0 Å². The molecule has 0 bridgehead atoms. The molecule has 1 aliphatic heterocycles. The van der Waals surface area contributed by atoms with Gasteiger partial charge in [0.1, 0.15) is 13.0 Å². The molecule has 4 heteroatoms. The van der Waals surface area contributed by atoms with Gasteiger partial charge in [0.2, 0.25) is 0 Å². The van der Waals surface area contributed by atoms with Gasteiger partial charge in [0.15, 0.2) is 0 Å². The second kappa shape index (κ2) is 5.34. The quantitative estimate of drug-likeness (QED) is 0.444. The summed E-state index contributed by atoms with van der Waals surface area (Å²) in [6.07, 6.45) is -0.311. The van der Waals surface area contributed by atoms with Gasteiger partial charge in [-0.05, 0) is 7.05 Å². The molecule has 0 amide bonds. The fraction of sp³-hybridized carbons (Fsp3) is 0.833. The highest BCUT2D eigenvalue weighted by Crippen LogP contribution is 1.90. The largest absolute Gasteiger partial charge is 0.377 e. The van der Waals surface area contributed by atoms with Crippen LogP contribution >= 0.6 is 0 Å². The summed E-state index contributed by atoms with van der Waals surface area (Å²) < 4.78 is 0. The van der Waals surface area contributed by atoms with Crippen molar-refractivity contribution in [2.45, 2.75) is 6.23 Å². The Balaban J connectivity index is 0.000000371. The van der Waals surface area contributed by atoms with Crippen molar-refractivity contribution in [3.8, 4) is 0 Å². The van der Waals surface area contributed by atoms with Crippen LogP contribution in [0.25, 0.3) is 0 Å². The standard InChI is InChI=1S/C5H12N2O.CH2O/c1-7-3-2-6-5(8)4-7;1-2/h5-6,8H,2-4H2,1H3;1H2. The second-order valence-corrected chi connectivity index (χ2v) is 2.23. The lowest BCUT2D eigenvalue weighted by molar-refractivity contribution is -0.0979. The van der Waals surface area contributed by atoms with Crippen LogP contribution in [0, 0.1) is 0 Å². The Hall–Kier alpha value is -0.450. The SMILES string of the molecule is C=O.CN1CCNC(O)C1. The Kier molecular flexibility index (Phi) is 5.10. The normalized spacial score (nSPS) is 26.8. The fourth-order valence-corrected chi connectivity index (χ4v) is 0.873. The monoisotopic (exact) mass is 146 g/mol. The van der Waals surface area contributed by atoms with Crippen LogP contribution in [-0.2, 0) is 4.79 Å². The van der Waals surface area contributed by atoms with Gasteiger partial charge in [-0.3, -0.25) is 5.32 Å². The number of β-amino-alcohol motifs (C(OH)–C–C–N with tert-alkyl or cyclic N) is 1. The average molecular weight is 146 g/mol. The van der Waals surface area contributed by atoms with E-state index < -0.39 is 0 Å². The number of hydrogen-bond acceptors (Lipinski definition) is 4. The van der Waals surface area contributed by atoms with E-state index in [-0.39, 0.29) is 6.23 Å². The van der Waals surface area contributed by atoms with Crippen LogP contribution in [-0.4, -0.2) is 49.7 Å². The molecule has 1 saturated heterocycles. The first-order valence-electron chi connectivity index (χ1n) is 3.18. The molecule has 1 heterocycles. The van der Waals surface area contributed by atoms with Crippen LogP contribution in [0.1, 0.15) is 0 Å². The maximum atomic E-state index is 8.93. The molecule has 4 nitrogen and oxygen atoms in total. The van der Waals surface area contributed by atoms with Crippen LogP contribution in [0.5, 0.6) is 0 Å². The minimum Gasteiger partial charge on any atom is -0.377 e. The van der Waals surface area contributed by atoms with E-state index in [0.717, 1.165) is 19.6 Å². The number of nitrogens with one attached hydrogen (secondary N) is 1. The molecular weight excluding hydrogens is 132 g/mol. The van der Waals surface area contributed by atoms with Gasteiger partial charge in [-0.25, -0.2) is 0 Å². The predicted molar refractivity (Wildman–Crippen MR) is 38.6 cm³/mol. The Morgan fingerprint density at radius 1 is 1.70 bits per heavy atom. The molecule has 0 radical (unpaired) electrons. The number of nitrogens with zero attached hydrogens (tertiary/aromatic N) is 1. The molecule has 1 aliphatic rings. The Bertz CT molecular complexity index is 81.8. The highest BCUT2D eigenvalue weighted by molar-refractivity contribution is 5.10. The van der Waals surface area contributed by atoms with Gasteiger partial charge in [0.05, 0.1) is 0 Å².